The van der Waals surface area contributed by atoms with Gasteiger partial charge in [-0.2, -0.15) is 4.98 Å². The molecule has 2 bridgehead atoms. The van der Waals surface area contributed by atoms with Gasteiger partial charge in [0.25, 0.3) is 0 Å². The number of fused-ring (bicyclic) bond motifs is 4. The third-order valence-electron chi connectivity index (χ3n) is 8.60. The van der Waals surface area contributed by atoms with Crippen molar-refractivity contribution in [1.82, 2.24) is 15.1 Å². The quantitative estimate of drug-likeness (QED) is 0.322. The number of nitrogens with one attached hydrogen (secondary N) is 1. The Morgan fingerprint density at radius 2 is 1.76 bits per heavy atom. The summed E-state index contributed by atoms with van der Waals surface area (Å²) in [4.78, 5) is 9.44. The van der Waals surface area contributed by atoms with Gasteiger partial charge in [-0.25, -0.2) is 4.98 Å². The van der Waals surface area contributed by atoms with Crippen LogP contribution in [0.1, 0.15) is 74.0 Å². The molecule has 8 rings (SSSR count). The number of aromatic nitrogens is 3. The first kappa shape index (κ1) is 20.6. The van der Waals surface area contributed by atoms with Crippen molar-refractivity contribution in [2.24, 2.45) is 5.41 Å². The Bertz CT molecular complexity index is 1340. The maximum Gasteiger partial charge on any atom is 0.232 e. The molecule has 0 saturated heterocycles. The maximum atomic E-state index is 5.79. The van der Waals surface area contributed by atoms with Crippen LogP contribution in [0.2, 0.25) is 0 Å². The van der Waals surface area contributed by atoms with E-state index in [9.17, 15) is 0 Å². The molecule has 1 N–H and O–H groups in total. The molecule has 0 unspecified atom stereocenters. The van der Waals surface area contributed by atoms with Crippen molar-refractivity contribution >= 4 is 27.2 Å². The molecule has 4 aliphatic rings. The highest BCUT2D eigenvalue weighted by atomic mass is 32.1. The summed E-state index contributed by atoms with van der Waals surface area (Å²) in [6.07, 6.45) is 9.69. The van der Waals surface area contributed by atoms with E-state index in [4.69, 9.17) is 9.51 Å². The minimum atomic E-state index is 0.134. The Morgan fingerprint density at radius 3 is 2.56 bits per heavy atom. The Balaban J connectivity index is 1.04. The first-order valence-electron chi connectivity index (χ1n) is 12.7. The van der Waals surface area contributed by atoms with Crippen LogP contribution in [-0.4, -0.2) is 21.7 Å². The fraction of sp³-hybridized carbons (Fsp3) is 0.464. The number of hydrogen-bond donors (Lipinski definition) is 1. The van der Waals surface area contributed by atoms with Crippen LogP contribution in [0.25, 0.3) is 21.3 Å². The van der Waals surface area contributed by atoms with Gasteiger partial charge in [-0.15, -0.1) is 11.3 Å². The van der Waals surface area contributed by atoms with E-state index in [1.54, 1.807) is 11.3 Å². The molecule has 0 aliphatic heterocycles. The van der Waals surface area contributed by atoms with E-state index in [-0.39, 0.29) is 5.41 Å². The van der Waals surface area contributed by atoms with Crippen LogP contribution in [0, 0.1) is 12.3 Å². The smallest absolute Gasteiger partial charge is 0.232 e. The molecule has 4 aromatic rings. The lowest BCUT2D eigenvalue weighted by Gasteiger charge is -2.52. The van der Waals surface area contributed by atoms with E-state index in [1.165, 1.54) is 72.9 Å². The van der Waals surface area contributed by atoms with Crippen LogP contribution < -0.4 is 5.32 Å². The standard InChI is InChI=1S/C28H30N4OS/c1-18-30-23-8-7-21(16-24(23)34-18)20-3-2-4-22(15-20)29-17-27-9-12-28(13-10-27,14-11-27)26-31-25(32-33-26)19-5-6-19/h2-4,7-8,15-16,19,29H,5-6,9-14,17H2,1H3. The number of anilines is 1. The van der Waals surface area contributed by atoms with Gasteiger partial charge in [0.2, 0.25) is 5.89 Å². The van der Waals surface area contributed by atoms with E-state index >= 15 is 0 Å². The third kappa shape index (κ3) is 3.54. The van der Waals surface area contributed by atoms with Crippen molar-refractivity contribution in [3.8, 4) is 11.1 Å². The molecule has 0 radical (unpaired) electrons. The zero-order valence-corrected chi connectivity index (χ0v) is 20.5. The zero-order chi connectivity index (χ0) is 22.8. The van der Waals surface area contributed by atoms with Crippen molar-refractivity contribution in [2.75, 3.05) is 11.9 Å². The zero-order valence-electron chi connectivity index (χ0n) is 19.6. The van der Waals surface area contributed by atoms with Crippen LogP contribution in [0.15, 0.2) is 47.0 Å². The second-order valence-electron chi connectivity index (χ2n) is 10.9. The van der Waals surface area contributed by atoms with E-state index in [0.29, 0.717) is 11.3 Å². The average Bonchev–Trinajstić information content (AvgIpc) is 3.47. The number of rotatable bonds is 6. The summed E-state index contributed by atoms with van der Waals surface area (Å²) in [5, 5.41) is 9.23. The van der Waals surface area contributed by atoms with Gasteiger partial charge in [-0.1, -0.05) is 23.4 Å². The molecule has 2 aromatic carbocycles. The van der Waals surface area contributed by atoms with Gasteiger partial charge >= 0.3 is 0 Å². The van der Waals surface area contributed by atoms with Gasteiger partial charge in [-0.3, -0.25) is 0 Å². The molecule has 0 amide bonds. The van der Waals surface area contributed by atoms with Gasteiger partial charge in [0.05, 0.1) is 15.2 Å². The fourth-order valence-electron chi connectivity index (χ4n) is 6.12. The maximum absolute atomic E-state index is 5.79. The van der Waals surface area contributed by atoms with Crippen molar-refractivity contribution in [1.29, 1.82) is 0 Å². The highest BCUT2D eigenvalue weighted by molar-refractivity contribution is 7.18. The lowest BCUT2D eigenvalue weighted by atomic mass is 9.53. The van der Waals surface area contributed by atoms with Gasteiger partial charge in [-0.05, 0) is 99.1 Å². The molecule has 4 saturated carbocycles. The first-order chi connectivity index (χ1) is 16.6. The van der Waals surface area contributed by atoms with E-state index in [1.807, 2.05) is 0 Å². The average molecular weight is 471 g/mol. The number of nitrogens with zero attached hydrogens (tertiary/aromatic N) is 3. The summed E-state index contributed by atoms with van der Waals surface area (Å²) < 4.78 is 7.05. The van der Waals surface area contributed by atoms with Crippen LogP contribution in [0.3, 0.4) is 0 Å². The molecule has 2 heterocycles. The summed E-state index contributed by atoms with van der Waals surface area (Å²) in [6, 6.07) is 15.5. The van der Waals surface area contributed by atoms with Crippen LogP contribution >= 0.6 is 11.3 Å². The van der Waals surface area contributed by atoms with E-state index in [0.717, 1.165) is 28.8 Å². The normalized spacial score (nSPS) is 26.3. The first-order valence-corrected chi connectivity index (χ1v) is 13.5. The summed E-state index contributed by atoms with van der Waals surface area (Å²) in [7, 11) is 0. The van der Waals surface area contributed by atoms with E-state index in [2.05, 4.69) is 64.8 Å². The molecule has 4 fully saturated rings. The predicted molar refractivity (Wildman–Crippen MR) is 136 cm³/mol. The van der Waals surface area contributed by atoms with Gasteiger partial charge in [0.1, 0.15) is 0 Å². The minimum Gasteiger partial charge on any atom is -0.384 e. The Labute approximate surface area is 204 Å². The second-order valence-corrected chi connectivity index (χ2v) is 12.1. The van der Waals surface area contributed by atoms with Crippen LogP contribution in [0.5, 0.6) is 0 Å². The number of hydrogen-bond acceptors (Lipinski definition) is 6. The molecule has 0 atom stereocenters. The van der Waals surface area contributed by atoms with Gasteiger partial charge < -0.3 is 9.84 Å². The molecule has 0 spiro atoms. The van der Waals surface area contributed by atoms with Crippen LogP contribution in [-0.2, 0) is 5.41 Å². The number of benzene rings is 2. The van der Waals surface area contributed by atoms with Gasteiger partial charge in [0.15, 0.2) is 5.82 Å². The molecule has 174 valence electrons. The van der Waals surface area contributed by atoms with Crippen molar-refractivity contribution < 1.29 is 4.52 Å². The minimum absolute atomic E-state index is 0.134. The third-order valence-corrected chi connectivity index (χ3v) is 9.53. The van der Waals surface area contributed by atoms with Crippen molar-refractivity contribution in [3.05, 3.63) is 59.2 Å². The van der Waals surface area contributed by atoms with Crippen molar-refractivity contribution in [3.63, 3.8) is 0 Å². The summed E-state index contributed by atoms with van der Waals surface area (Å²) in [6.45, 7) is 3.11. The lowest BCUT2D eigenvalue weighted by Crippen LogP contribution is -2.47. The molecule has 6 heteroatoms. The number of aryl methyl sites for hydroxylation is 1. The molecule has 4 aliphatic carbocycles. The Kier molecular flexibility index (Phi) is 4.63. The molecule has 34 heavy (non-hydrogen) atoms. The molecule has 2 aromatic heterocycles. The van der Waals surface area contributed by atoms with Crippen molar-refractivity contribution in [2.45, 2.75) is 69.6 Å². The largest absolute Gasteiger partial charge is 0.384 e. The Morgan fingerprint density at radius 1 is 0.971 bits per heavy atom. The Hall–Kier alpha value is -2.73. The molecular weight excluding hydrogens is 440 g/mol. The fourth-order valence-corrected chi connectivity index (χ4v) is 6.99. The van der Waals surface area contributed by atoms with Gasteiger partial charge in [0, 0.05) is 23.6 Å². The highest BCUT2D eigenvalue weighted by Gasteiger charge is 2.52. The molecular formula is C28H30N4OS. The summed E-state index contributed by atoms with van der Waals surface area (Å²) >= 11 is 1.76. The summed E-state index contributed by atoms with van der Waals surface area (Å²) in [5.41, 5.74) is 5.33. The predicted octanol–water partition coefficient (Wildman–Crippen LogP) is 7.24. The highest BCUT2D eigenvalue weighted by Crippen LogP contribution is 2.57. The lowest BCUT2D eigenvalue weighted by molar-refractivity contribution is 0.0322. The topological polar surface area (TPSA) is 63.8 Å². The second kappa shape index (κ2) is 7.64. The van der Waals surface area contributed by atoms with E-state index < -0.39 is 0 Å². The number of thiazole rings is 1. The molecule has 5 nitrogen and oxygen atoms in total. The monoisotopic (exact) mass is 470 g/mol. The summed E-state index contributed by atoms with van der Waals surface area (Å²) in [5.74, 6) is 2.45. The SMILES string of the molecule is Cc1nc2ccc(-c3cccc(NCC45CCC(c6nc(C7CC7)no6)(CC4)CC5)c3)cc2s1. The van der Waals surface area contributed by atoms with Crippen LogP contribution in [0.4, 0.5) is 5.69 Å².